The largest absolute Gasteiger partial charge is 0.545 e. The van der Waals surface area contributed by atoms with Crippen LogP contribution in [0.15, 0.2) is 24.3 Å². The summed E-state index contributed by atoms with van der Waals surface area (Å²) in [4.78, 5) is 10.1. The molecule has 0 aliphatic rings. The molecule has 0 radical (unpaired) electrons. The van der Waals surface area contributed by atoms with Gasteiger partial charge in [0.15, 0.2) is 0 Å². The van der Waals surface area contributed by atoms with Crippen molar-refractivity contribution in [2.75, 3.05) is 0 Å². The number of halogens is 2. The lowest BCUT2D eigenvalue weighted by Crippen LogP contribution is -2.18. The molecule has 1 aromatic rings. The van der Waals surface area contributed by atoms with Crippen molar-refractivity contribution in [3.05, 3.63) is 39.9 Å². The quantitative estimate of drug-likeness (QED) is 0.706. The molecule has 1 rings (SSSR count). The molecule has 4 heteroatoms. The lowest BCUT2D eigenvalue weighted by molar-refractivity contribution is -0.297. The van der Waals surface area contributed by atoms with Crippen molar-refractivity contribution in [1.29, 1.82) is 0 Å². The Morgan fingerprint density at radius 2 is 2.00 bits per heavy atom. The zero-order chi connectivity index (χ0) is 9.84. The number of carboxylic acid groups (broad SMARTS) is 1. The van der Waals surface area contributed by atoms with Crippen LogP contribution in [-0.4, -0.2) is 5.97 Å². The molecule has 1 aromatic carbocycles. The zero-order valence-corrected chi connectivity index (χ0v) is 7.97. The van der Waals surface area contributed by atoms with Crippen LogP contribution in [-0.2, 0) is 4.79 Å². The van der Waals surface area contributed by atoms with Gasteiger partial charge < -0.3 is 9.90 Å². The van der Waals surface area contributed by atoms with Gasteiger partial charge in [-0.15, -0.1) is 0 Å². The third kappa shape index (κ3) is 3.09. The van der Waals surface area contributed by atoms with E-state index in [0.29, 0.717) is 15.6 Å². The topological polar surface area (TPSA) is 40.1 Å². The molecule has 0 saturated heterocycles. The van der Waals surface area contributed by atoms with E-state index in [1.165, 1.54) is 6.08 Å². The van der Waals surface area contributed by atoms with Crippen molar-refractivity contribution in [3.8, 4) is 0 Å². The van der Waals surface area contributed by atoms with E-state index in [1.54, 1.807) is 18.2 Å². The minimum Gasteiger partial charge on any atom is -0.545 e. The van der Waals surface area contributed by atoms with E-state index >= 15 is 0 Å². The average Bonchev–Trinajstić information content (AvgIpc) is 2.07. The molecule has 68 valence electrons. The van der Waals surface area contributed by atoms with Gasteiger partial charge in [0.25, 0.3) is 0 Å². The van der Waals surface area contributed by atoms with Crippen LogP contribution >= 0.6 is 23.2 Å². The van der Waals surface area contributed by atoms with Gasteiger partial charge >= 0.3 is 0 Å². The fourth-order valence-corrected chi connectivity index (χ4v) is 1.09. The van der Waals surface area contributed by atoms with Gasteiger partial charge in [-0.1, -0.05) is 35.3 Å². The molecule has 0 unspecified atom stereocenters. The fraction of sp³-hybridized carbons (Fsp3) is 0. The van der Waals surface area contributed by atoms with Crippen LogP contribution in [0.5, 0.6) is 0 Å². The zero-order valence-electron chi connectivity index (χ0n) is 6.46. The molecule has 0 aliphatic heterocycles. The van der Waals surface area contributed by atoms with Gasteiger partial charge in [0.05, 0.1) is 16.0 Å². The first-order chi connectivity index (χ1) is 6.09. The SMILES string of the molecule is O=C([O-])/C=C/c1ccc(Cl)c(Cl)c1. The predicted molar refractivity (Wildman–Crippen MR) is 50.5 cm³/mol. The normalized spacial score (nSPS) is 10.6. The molecule has 0 saturated carbocycles. The van der Waals surface area contributed by atoms with Gasteiger partial charge in [0.2, 0.25) is 0 Å². The van der Waals surface area contributed by atoms with Gasteiger partial charge in [-0.05, 0) is 23.8 Å². The third-order valence-corrected chi connectivity index (χ3v) is 2.09. The molecule has 0 bridgehead atoms. The van der Waals surface area contributed by atoms with E-state index in [4.69, 9.17) is 23.2 Å². The number of carboxylic acids is 1. The Labute approximate surface area is 85.4 Å². The van der Waals surface area contributed by atoms with Crippen LogP contribution in [0.3, 0.4) is 0 Å². The Kier molecular flexibility index (Phi) is 3.34. The molecular weight excluding hydrogens is 211 g/mol. The predicted octanol–water partition coefficient (Wildman–Crippen LogP) is 1.76. The van der Waals surface area contributed by atoms with Crippen LogP contribution < -0.4 is 5.11 Å². The maximum absolute atomic E-state index is 10.1. The smallest absolute Gasteiger partial charge is 0.0643 e. The third-order valence-electron chi connectivity index (χ3n) is 1.36. The maximum Gasteiger partial charge on any atom is 0.0643 e. The van der Waals surface area contributed by atoms with Gasteiger partial charge in [0.1, 0.15) is 0 Å². The maximum atomic E-state index is 10.1. The van der Waals surface area contributed by atoms with Gasteiger partial charge in [0, 0.05) is 0 Å². The highest BCUT2D eigenvalue weighted by Crippen LogP contribution is 2.22. The standard InChI is InChI=1S/C9H6Cl2O2/c10-7-3-1-6(5-8(7)11)2-4-9(12)13/h1-5H,(H,12,13)/p-1/b4-2+. The van der Waals surface area contributed by atoms with Gasteiger partial charge in [-0.2, -0.15) is 0 Å². The molecule has 0 heterocycles. The fourth-order valence-electron chi connectivity index (χ4n) is 0.780. The number of hydrogen-bond acceptors (Lipinski definition) is 2. The second-order valence-electron chi connectivity index (χ2n) is 2.33. The molecule has 0 fully saturated rings. The van der Waals surface area contributed by atoms with Crippen molar-refractivity contribution in [2.45, 2.75) is 0 Å². The number of carbonyl (C=O) groups is 1. The summed E-state index contributed by atoms with van der Waals surface area (Å²) in [7, 11) is 0. The highest BCUT2D eigenvalue weighted by Gasteiger charge is 1.95. The monoisotopic (exact) mass is 215 g/mol. The summed E-state index contributed by atoms with van der Waals surface area (Å²) in [6.07, 6.45) is 2.32. The van der Waals surface area contributed by atoms with Crippen LogP contribution in [0, 0.1) is 0 Å². The lowest BCUT2D eigenvalue weighted by Gasteiger charge is -1.97. The number of benzene rings is 1. The number of aliphatic carboxylic acids is 1. The van der Waals surface area contributed by atoms with Crippen molar-refractivity contribution >= 4 is 35.2 Å². The summed E-state index contributed by atoms with van der Waals surface area (Å²) in [5.41, 5.74) is 0.665. The highest BCUT2D eigenvalue weighted by atomic mass is 35.5. The summed E-state index contributed by atoms with van der Waals surface area (Å²) in [5, 5.41) is 10.9. The Balaban J connectivity index is 2.92. The van der Waals surface area contributed by atoms with Crippen LogP contribution in [0.1, 0.15) is 5.56 Å². The first-order valence-corrected chi connectivity index (χ1v) is 4.19. The Morgan fingerprint density at radius 3 is 2.54 bits per heavy atom. The number of hydrogen-bond donors (Lipinski definition) is 0. The summed E-state index contributed by atoms with van der Waals surface area (Å²) >= 11 is 11.4. The molecule has 0 spiro atoms. The highest BCUT2D eigenvalue weighted by molar-refractivity contribution is 6.42. The molecule has 0 aromatic heterocycles. The van der Waals surface area contributed by atoms with Gasteiger partial charge in [-0.3, -0.25) is 0 Å². The summed E-state index contributed by atoms with van der Waals surface area (Å²) < 4.78 is 0. The molecule has 0 N–H and O–H groups in total. The lowest BCUT2D eigenvalue weighted by atomic mass is 10.2. The van der Waals surface area contributed by atoms with E-state index in [0.717, 1.165) is 6.08 Å². The van der Waals surface area contributed by atoms with E-state index in [1.807, 2.05) is 0 Å². The molecule has 2 nitrogen and oxygen atoms in total. The Bertz CT molecular complexity index is 359. The van der Waals surface area contributed by atoms with Crippen LogP contribution in [0.25, 0.3) is 6.08 Å². The van der Waals surface area contributed by atoms with E-state index in [2.05, 4.69) is 0 Å². The summed E-state index contributed by atoms with van der Waals surface area (Å²) in [6, 6.07) is 4.83. The first-order valence-electron chi connectivity index (χ1n) is 3.43. The van der Waals surface area contributed by atoms with E-state index in [-0.39, 0.29) is 0 Å². The van der Waals surface area contributed by atoms with E-state index in [9.17, 15) is 9.90 Å². The minimum absolute atomic E-state index is 0.391. The van der Waals surface area contributed by atoms with Crippen molar-refractivity contribution < 1.29 is 9.90 Å². The molecule has 0 amide bonds. The summed E-state index contributed by atoms with van der Waals surface area (Å²) in [5.74, 6) is -1.24. The van der Waals surface area contributed by atoms with Crippen LogP contribution in [0.4, 0.5) is 0 Å². The first kappa shape index (κ1) is 10.1. The number of carbonyl (C=O) groups excluding carboxylic acids is 1. The van der Waals surface area contributed by atoms with Crippen molar-refractivity contribution in [2.24, 2.45) is 0 Å². The molecule has 0 aliphatic carbocycles. The number of rotatable bonds is 2. The molecular formula is C9H5Cl2O2-. The minimum atomic E-state index is -1.24. The average molecular weight is 216 g/mol. The van der Waals surface area contributed by atoms with Crippen molar-refractivity contribution in [3.63, 3.8) is 0 Å². The second-order valence-corrected chi connectivity index (χ2v) is 3.14. The molecule has 13 heavy (non-hydrogen) atoms. The molecule has 0 atom stereocenters. The summed E-state index contributed by atoms with van der Waals surface area (Å²) in [6.45, 7) is 0. The van der Waals surface area contributed by atoms with Crippen LogP contribution in [0.2, 0.25) is 10.0 Å². The van der Waals surface area contributed by atoms with E-state index < -0.39 is 5.97 Å². The second kappa shape index (κ2) is 4.30. The Morgan fingerprint density at radius 1 is 1.31 bits per heavy atom. The van der Waals surface area contributed by atoms with Gasteiger partial charge in [-0.25, -0.2) is 0 Å². The van der Waals surface area contributed by atoms with Crippen molar-refractivity contribution in [1.82, 2.24) is 0 Å². The Hall–Kier alpha value is -0.990.